The zero-order valence-corrected chi connectivity index (χ0v) is 5.05. The molecule has 0 aromatic heterocycles. The molecule has 0 saturated heterocycles. The molecule has 0 aliphatic heterocycles. The van der Waals surface area contributed by atoms with Gasteiger partial charge in [0.05, 0.1) is 5.71 Å². The second kappa shape index (κ2) is 4.33. The lowest BCUT2D eigenvalue weighted by molar-refractivity contribution is 0.172. The first-order chi connectivity index (χ1) is 3.81. The van der Waals surface area contributed by atoms with E-state index in [1.54, 1.807) is 18.6 Å². The quantitative estimate of drug-likeness (QED) is 0.414. The lowest BCUT2D eigenvalue weighted by atomic mass is 10.4. The molecule has 3 nitrogen and oxygen atoms in total. The zero-order chi connectivity index (χ0) is 6.41. The predicted molar refractivity (Wildman–Crippen MR) is 32.8 cm³/mol. The Morgan fingerprint density at radius 2 is 2.38 bits per heavy atom. The highest BCUT2D eigenvalue weighted by molar-refractivity contribution is 5.92. The largest absolute Gasteiger partial charge is 0.274 e. The van der Waals surface area contributed by atoms with Crippen LogP contribution in [0.5, 0.6) is 0 Å². The lowest BCUT2D eigenvalue weighted by Crippen LogP contribution is -1.99. The topological polar surface area (TPSA) is 44.6 Å². The Labute approximate surface area is 48.7 Å². The summed E-state index contributed by atoms with van der Waals surface area (Å²) in [5.74, 6) is 0. The summed E-state index contributed by atoms with van der Waals surface area (Å²) in [6.07, 6.45) is 3.62. The third kappa shape index (κ3) is 3.36. The molecule has 2 N–H and O–H groups in total. The normalized spacial score (nSPS) is 12.6. The molecule has 0 amide bonds. The molecule has 0 rings (SSSR count). The van der Waals surface area contributed by atoms with Gasteiger partial charge in [-0.2, -0.15) is 10.7 Å². The smallest absolute Gasteiger partial charge is 0.0593 e. The highest BCUT2D eigenvalue weighted by Crippen LogP contribution is 1.75. The summed E-state index contributed by atoms with van der Waals surface area (Å²) >= 11 is 0. The number of rotatable bonds is 2. The first-order valence-corrected chi connectivity index (χ1v) is 2.37. The van der Waals surface area contributed by atoms with Crippen LogP contribution in [0.2, 0.25) is 0 Å². The maximum atomic E-state index is 7.99. The number of hydrogen-bond donors (Lipinski definition) is 2. The Morgan fingerprint density at radius 3 is 2.75 bits per heavy atom. The van der Waals surface area contributed by atoms with Crippen LogP contribution in [-0.4, -0.2) is 10.9 Å². The molecule has 3 heteroatoms. The molecule has 0 spiro atoms. The molecular formula is C5H10N2O. The van der Waals surface area contributed by atoms with E-state index in [-0.39, 0.29) is 0 Å². The third-order valence-electron chi connectivity index (χ3n) is 0.634. The Hall–Kier alpha value is -0.830. The van der Waals surface area contributed by atoms with Crippen LogP contribution in [0.3, 0.4) is 0 Å². The molecule has 0 aromatic carbocycles. The van der Waals surface area contributed by atoms with Gasteiger partial charge in [-0.05, 0) is 19.9 Å². The molecule has 0 heterocycles. The van der Waals surface area contributed by atoms with Crippen molar-refractivity contribution in [1.29, 1.82) is 0 Å². The van der Waals surface area contributed by atoms with Crippen LogP contribution in [0.4, 0.5) is 0 Å². The SMILES string of the molecule is C/C=C\C(C)=N/NO. The van der Waals surface area contributed by atoms with Gasteiger partial charge in [-0.25, -0.2) is 0 Å². The fraction of sp³-hybridized carbons (Fsp3) is 0.400. The molecule has 0 bridgehead atoms. The number of hydrogen-bond acceptors (Lipinski definition) is 3. The molecular weight excluding hydrogens is 104 g/mol. The summed E-state index contributed by atoms with van der Waals surface area (Å²) in [6, 6.07) is 0. The second-order valence-corrected chi connectivity index (χ2v) is 1.35. The summed E-state index contributed by atoms with van der Waals surface area (Å²) in [6.45, 7) is 3.67. The van der Waals surface area contributed by atoms with Crippen LogP contribution in [0.1, 0.15) is 13.8 Å². The van der Waals surface area contributed by atoms with Gasteiger partial charge in [0, 0.05) is 0 Å². The molecule has 46 valence electrons. The second-order valence-electron chi connectivity index (χ2n) is 1.35. The van der Waals surface area contributed by atoms with Crippen molar-refractivity contribution >= 4 is 5.71 Å². The zero-order valence-electron chi connectivity index (χ0n) is 5.05. The van der Waals surface area contributed by atoms with Gasteiger partial charge in [0.15, 0.2) is 0 Å². The van der Waals surface area contributed by atoms with Crippen molar-refractivity contribution in [3.05, 3.63) is 12.2 Å². The lowest BCUT2D eigenvalue weighted by Gasteiger charge is -1.86. The van der Waals surface area contributed by atoms with Gasteiger partial charge in [0.25, 0.3) is 0 Å². The number of hydrazone groups is 1. The maximum absolute atomic E-state index is 7.99. The molecule has 0 saturated carbocycles. The third-order valence-corrected chi connectivity index (χ3v) is 0.634. The Balaban J connectivity index is 3.61. The Morgan fingerprint density at radius 1 is 1.75 bits per heavy atom. The molecule has 0 unspecified atom stereocenters. The fourth-order valence-corrected chi connectivity index (χ4v) is 0.357. The summed E-state index contributed by atoms with van der Waals surface area (Å²) in [7, 11) is 0. The molecule has 0 atom stereocenters. The van der Waals surface area contributed by atoms with Crippen molar-refractivity contribution in [3.8, 4) is 0 Å². The number of nitrogens with zero attached hydrogens (tertiary/aromatic N) is 1. The highest BCUT2D eigenvalue weighted by Gasteiger charge is 1.75. The molecule has 0 aliphatic carbocycles. The summed E-state index contributed by atoms with van der Waals surface area (Å²) in [4.78, 5) is 0. The van der Waals surface area contributed by atoms with Crippen LogP contribution in [0.15, 0.2) is 17.3 Å². The van der Waals surface area contributed by atoms with Crippen molar-refractivity contribution < 1.29 is 5.21 Å². The van der Waals surface area contributed by atoms with E-state index in [0.717, 1.165) is 5.71 Å². The van der Waals surface area contributed by atoms with E-state index in [1.807, 2.05) is 13.0 Å². The summed E-state index contributed by atoms with van der Waals surface area (Å²) in [5, 5.41) is 11.4. The highest BCUT2D eigenvalue weighted by atomic mass is 16.5. The average Bonchev–Trinajstić information content (AvgIpc) is 1.68. The van der Waals surface area contributed by atoms with E-state index < -0.39 is 0 Å². The van der Waals surface area contributed by atoms with Crippen LogP contribution < -0.4 is 5.59 Å². The van der Waals surface area contributed by atoms with E-state index in [1.165, 1.54) is 0 Å². The number of allylic oxidation sites excluding steroid dienone is 2. The van der Waals surface area contributed by atoms with E-state index >= 15 is 0 Å². The van der Waals surface area contributed by atoms with Gasteiger partial charge < -0.3 is 0 Å². The van der Waals surface area contributed by atoms with Crippen molar-refractivity contribution in [1.82, 2.24) is 5.59 Å². The first-order valence-electron chi connectivity index (χ1n) is 2.37. The molecule has 8 heavy (non-hydrogen) atoms. The van der Waals surface area contributed by atoms with Gasteiger partial charge in [-0.15, -0.1) is 0 Å². The standard InChI is InChI=1S/C5H10N2O/c1-3-4-5(2)6-7-8/h3-4,7-8H,1-2H3/b4-3-,6-5-. The summed E-state index contributed by atoms with van der Waals surface area (Å²) < 4.78 is 0. The van der Waals surface area contributed by atoms with Crippen LogP contribution in [0, 0.1) is 0 Å². The number of nitrogens with one attached hydrogen (secondary N) is 1. The van der Waals surface area contributed by atoms with Crippen molar-refractivity contribution in [2.45, 2.75) is 13.8 Å². The first kappa shape index (κ1) is 7.17. The minimum Gasteiger partial charge on any atom is -0.274 e. The predicted octanol–water partition coefficient (Wildman–Crippen LogP) is 0.917. The minimum absolute atomic E-state index is 0.745. The Kier molecular flexibility index (Phi) is 3.88. The van der Waals surface area contributed by atoms with Crippen molar-refractivity contribution in [2.75, 3.05) is 0 Å². The van der Waals surface area contributed by atoms with Gasteiger partial charge >= 0.3 is 0 Å². The molecule has 0 fully saturated rings. The monoisotopic (exact) mass is 114 g/mol. The molecule has 0 aromatic rings. The van der Waals surface area contributed by atoms with Crippen LogP contribution in [0.25, 0.3) is 0 Å². The maximum Gasteiger partial charge on any atom is 0.0593 e. The minimum atomic E-state index is 0.745. The van der Waals surface area contributed by atoms with E-state index in [9.17, 15) is 0 Å². The van der Waals surface area contributed by atoms with E-state index in [2.05, 4.69) is 5.10 Å². The Bertz CT molecular complexity index is 107. The van der Waals surface area contributed by atoms with E-state index in [0.29, 0.717) is 0 Å². The molecule has 0 radical (unpaired) electrons. The van der Waals surface area contributed by atoms with Crippen LogP contribution in [-0.2, 0) is 0 Å². The fourth-order valence-electron chi connectivity index (χ4n) is 0.357. The van der Waals surface area contributed by atoms with Gasteiger partial charge in [-0.1, -0.05) is 6.08 Å². The van der Waals surface area contributed by atoms with Crippen molar-refractivity contribution in [3.63, 3.8) is 0 Å². The summed E-state index contributed by atoms with van der Waals surface area (Å²) in [5.41, 5.74) is 2.43. The van der Waals surface area contributed by atoms with Crippen molar-refractivity contribution in [2.24, 2.45) is 5.10 Å². The van der Waals surface area contributed by atoms with Gasteiger partial charge in [-0.3, -0.25) is 5.21 Å². The van der Waals surface area contributed by atoms with Gasteiger partial charge in [0.2, 0.25) is 0 Å². The average molecular weight is 114 g/mol. The van der Waals surface area contributed by atoms with Gasteiger partial charge in [0.1, 0.15) is 0 Å². The molecule has 0 aliphatic rings. The van der Waals surface area contributed by atoms with Crippen LogP contribution >= 0.6 is 0 Å². The van der Waals surface area contributed by atoms with E-state index in [4.69, 9.17) is 5.21 Å².